The molecule has 6 nitrogen and oxygen atoms in total. The summed E-state index contributed by atoms with van der Waals surface area (Å²) in [6.45, 7) is 6.37. The highest BCUT2D eigenvalue weighted by atomic mass is 35.5. The summed E-state index contributed by atoms with van der Waals surface area (Å²) in [7, 11) is 1.62. The molecule has 0 aliphatic carbocycles. The van der Waals surface area contributed by atoms with Crippen LogP contribution in [0.15, 0.2) is 0 Å². The second-order valence-electron chi connectivity index (χ2n) is 5.91. The lowest BCUT2D eigenvalue weighted by atomic mass is 10.0. The maximum absolute atomic E-state index is 12.8. The van der Waals surface area contributed by atoms with Crippen LogP contribution in [0.1, 0.15) is 26.2 Å². The van der Waals surface area contributed by atoms with Crippen LogP contribution in [0.4, 0.5) is 0 Å². The monoisotopic (exact) mass is 333 g/mol. The van der Waals surface area contributed by atoms with Gasteiger partial charge in [0.05, 0.1) is 12.5 Å². The number of carbonyl (C=O) groups is 2. The normalized spacial score (nSPS) is 24.5. The predicted octanol–water partition coefficient (Wildman–Crippen LogP) is 0.504. The lowest BCUT2D eigenvalue weighted by Gasteiger charge is -2.30. The van der Waals surface area contributed by atoms with Crippen molar-refractivity contribution in [3.05, 3.63) is 0 Å². The zero-order valence-corrected chi connectivity index (χ0v) is 14.4. The lowest BCUT2D eigenvalue weighted by Crippen LogP contribution is -2.45. The Morgan fingerprint density at radius 2 is 2.27 bits per heavy atom. The second-order valence-corrected chi connectivity index (χ2v) is 5.91. The van der Waals surface area contributed by atoms with Gasteiger partial charge < -0.3 is 19.9 Å². The standard InChI is InChI=1S/C15H27N3O3.ClH/c1-3-6-18(13-4-5-16-10-13)15(20)12-9-14(19)17(11-12)7-8-21-2;/h12-13,16H,3-11H2,1-2H3;1H. The number of halogens is 1. The highest BCUT2D eigenvalue weighted by molar-refractivity contribution is 5.89. The van der Waals surface area contributed by atoms with Gasteiger partial charge in [0.15, 0.2) is 0 Å². The molecular weight excluding hydrogens is 306 g/mol. The van der Waals surface area contributed by atoms with Gasteiger partial charge in [0.2, 0.25) is 11.8 Å². The molecule has 128 valence electrons. The van der Waals surface area contributed by atoms with Crippen LogP contribution in [0.3, 0.4) is 0 Å². The summed E-state index contributed by atoms with van der Waals surface area (Å²) in [5, 5.41) is 3.31. The summed E-state index contributed by atoms with van der Waals surface area (Å²) in [6.07, 6.45) is 2.32. The fraction of sp³-hybridized carbons (Fsp3) is 0.867. The quantitative estimate of drug-likeness (QED) is 0.737. The largest absolute Gasteiger partial charge is 0.383 e. The van der Waals surface area contributed by atoms with Crippen LogP contribution >= 0.6 is 12.4 Å². The van der Waals surface area contributed by atoms with Crippen molar-refractivity contribution in [3.8, 4) is 0 Å². The lowest BCUT2D eigenvalue weighted by molar-refractivity contribution is -0.137. The van der Waals surface area contributed by atoms with Crippen molar-refractivity contribution >= 4 is 24.2 Å². The minimum absolute atomic E-state index is 0. The summed E-state index contributed by atoms with van der Waals surface area (Å²) in [6, 6.07) is 0.292. The van der Waals surface area contributed by atoms with Crippen molar-refractivity contribution in [1.82, 2.24) is 15.1 Å². The Bertz CT molecular complexity index is 375. The first kappa shape index (κ1) is 19.2. The summed E-state index contributed by atoms with van der Waals surface area (Å²) in [4.78, 5) is 28.5. The molecule has 0 radical (unpaired) electrons. The van der Waals surface area contributed by atoms with Crippen molar-refractivity contribution in [3.63, 3.8) is 0 Å². The number of nitrogens with zero attached hydrogens (tertiary/aromatic N) is 2. The molecule has 2 amide bonds. The Hall–Kier alpha value is -0.850. The van der Waals surface area contributed by atoms with Crippen molar-refractivity contribution < 1.29 is 14.3 Å². The van der Waals surface area contributed by atoms with Gasteiger partial charge in [-0.05, 0) is 19.4 Å². The number of ether oxygens (including phenoxy) is 1. The van der Waals surface area contributed by atoms with Gasteiger partial charge >= 0.3 is 0 Å². The molecule has 2 aliphatic heterocycles. The first-order chi connectivity index (χ1) is 10.2. The molecule has 7 heteroatoms. The second kappa shape index (κ2) is 9.33. The Balaban J connectivity index is 0.00000242. The van der Waals surface area contributed by atoms with Gasteiger partial charge in [-0.3, -0.25) is 9.59 Å². The number of likely N-dealkylation sites (tertiary alicyclic amines) is 1. The molecule has 2 aliphatic rings. The van der Waals surface area contributed by atoms with Gasteiger partial charge in [0.25, 0.3) is 0 Å². The molecule has 2 heterocycles. The molecule has 0 bridgehead atoms. The molecule has 2 rings (SSSR count). The molecule has 0 aromatic rings. The number of methoxy groups -OCH3 is 1. The van der Waals surface area contributed by atoms with Gasteiger partial charge in [-0.25, -0.2) is 0 Å². The van der Waals surface area contributed by atoms with Crippen LogP contribution in [-0.4, -0.2) is 74.1 Å². The van der Waals surface area contributed by atoms with E-state index in [2.05, 4.69) is 12.2 Å². The molecule has 2 atom stereocenters. The number of nitrogens with one attached hydrogen (secondary N) is 1. The maximum Gasteiger partial charge on any atom is 0.228 e. The Morgan fingerprint density at radius 3 is 2.86 bits per heavy atom. The molecule has 22 heavy (non-hydrogen) atoms. The van der Waals surface area contributed by atoms with Gasteiger partial charge in [-0.1, -0.05) is 6.92 Å². The fourth-order valence-electron chi connectivity index (χ4n) is 3.21. The van der Waals surface area contributed by atoms with Crippen molar-refractivity contribution in [2.45, 2.75) is 32.2 Å². The third-order valence-electron chi connectivity index (χ3n) is 4.35. The zero-order valence-electron chi connectivity index (χ0n) is 13.5. The third kappa shape index (κ3) is 4.57. The van der Waals surface area contributed by atoms with E-state index in [4.69, 9.17) is 4.74 Å². The minimum Gasteiger partial charge on any atom is -0.383 e. The summed E-state index contributed by atoms with van der Waals surface area (Å²) in [5.41, 5.74) is 0. The highest BCUT2D eigenvalue weighted by Gasteiger charge is 2.38. The fourth-order valence-corrected chi connectivity index (χ4v) is 3.21. The SMILES string of the molecule is CCCN(C(=O)C1CC(=O)N(CCOC)C1)C1CCNC1.Cl. The van der Waals surface area contributed by atoms with Gasteiger partial charge in [-0.2, -0.15) is 0 Å². The third-order valence-corrected chi connectivity index (χ3v) is 4.35. The Labute approximate surface area is 138 Å². The molecule has 2 unspecified atom stereocenters. The van der Waals surface area contributed by atoms with E-state index in [1.165, 1.54) is 0 Å². The Morgan fingerprint density at radius 1 is 1.50 bits per heavy atom. The summed E-state index contributed by atoms with van der Waals surface area (Å²) < 4.78 is 5.02. The number of rotatable bonds is 7. The van der Waals surface area contributed by atoms with E-state index in [0.29, 0.717) is 32.2 Å². The number of carbonyl (C=O) groups excluding carboxylic acids is 2. The van der Waals surface area contributed by atoms with E-state index in [1.807, 2.05) is 4.90 Å². The highest BCUT2D eigenvalue weighted by Crippen LogP contribution is 2.22. The van der Waals surface area contributed by atoms with Crippen LogP contribution < -0.4 is 5.32 Å². The van der Waals surface area contributed by atoms with E-state index < -0.39 is 0 Å². The molecule has 2 saturated heterocycles. The van der Waals surface area contributed by atoms with Crippen molar-refractivity contribution in [1.29, 1.82) is 0 Å². The van der Waals surface area contributed by atoms with Crippen LogP contribution in [0.25, 0.3) is 0 Å². The van der Waals surface area contributed by atoms with Gasteiger partial charge in [-0.15, -0.1) is 12.4 Å². The molecule has 2 fully saturated rings. The van der Waals surface area contributed by atoms with Crippen molar-refractivity contribution in [2.75, 3.05) is 46.4 Å². The van der Waals surface area contributed by atoms with E-state index >= 15 is 0 Å². The average Bonchev–Trinajstić information content (AvgIpc) is 3.11. The Kier molecular flexibility index (Phi) is 8.14. The van der Waals surface area contributed by atoms with Gasteiger partial charge in [0, 0.05) is 45.8 Å². The first-order valence-corrected chi connectivity index (χ1v) is 7.95. The topological polar surface area (TPSA) is 61.9 Å². The summed E-state index contributed by atoms with van der Waals surface area (Å²) >= 11 is 0. The molecular formula is C15H28ClN3O3. The van der Waals surface area contributed by atoms with Crippen molar-refractivity contribution in [2.24, 2.45) is 5.92 Å². The van der Waals surface area contributed by atoms with Crippen LogP contribution in [0.2, 0.25) is 0 Å². The number of amides is 2. The first-order valence-electron chi connectivity index (χ1n) is 7.95. The molecule has 0 aromatic heterocycles. The van der Waals surface area contributed by atoms with E-state index in [-0.39, 0.29) is 30.1 Å². The van der Waals surface area contributed by atoms with Crippen LogP contribution in [0.5, 0.6) is 0 Å². The predicted molar refractivity (Wildman–Crippen MR) is 87.1 cm³/mol. The van der Waals surface area contributed by atoms with E-state index in [1.54, 1.807) is 12.0 Å². The maximum atomic E-state index is 12.8. The number of hydrogen-bond acceptors (Lipinski definition) is 4. The van der Waals surface area contributed by atoms with Crippen LogP contribution in [0, 0.1) is 5.92 Å². The minimum atomic E-state index is -0.179. The molecule has 0 spiro atoms. The smallest absolute Gasteiger partial charge is 0.228 e. The molecule has 1 N–H and O–H groups in total. The summed E-state index contributed by atoms with van der Waals surface area (Å²) in [5.74, 6) is 0.0479. The number of hydrogen-bond donors (Lipinski definition) is 1. The van der Waals surface area contributed by atoms with Crippen LogP contribution in [-0.2, 0) is 14.3 Å². The zero-order chi connectivity index (χ0) is 15.2. The molecule has 0 aromatic carbocycles. The van der Waals surface area contributed by atoms with Gasteiger partial charge in [0.1, 0.15) is 0 Å². The average molecular weight is 334 g/mol. The van der Waals surface area contributed by atoms with E-state index in [0.717, 1.165) is 32.5 Å². The van der Waals surface area contributed by atoms with E-state index in [9.17, 15) is 9.59 Å². The molecule has 0 saturated carbocycles.